The molecule has 2 aromatic rings. The van der Waals surface area contributed by atoms with Crippen molar-refractivity contribution in [2.45, 2.75) is 39.2 Å². The van der Waals surface area contributed by atoms with Crippen molar-refractivity contribution in [1.82, 2.24) is 14.8 Å². The molecule has 0 radical (unpaired) electrons. The Morgan fingerprint density at radius 1 is 1.21 bits per heavy atom. The Morgan fingerprint density at radius 3 is 2.68 bits per heavy atom. The first kappa shape index (κ1) is 18.7. The summed E-state index contributed by atoms with van der Waals surface area (Å²) in [5, 5.41) is 0.570. The van der Waals surface area contributed by atoms with Crippen LogP contribution in [-0.2, 0) is 4.79 Å². The Bertz CT molecular complexity index is 961. The average molecular weight is 381 g/mol. The average Bonchev–Trinajstić information content (AvgIpc) is 3.51. The number of hydrogen-bond acceptors (Lipinski definition) is 3. The first-order chi connectivity index (χ1) is 13.4. The molecule has 6 heteroatoms. The number of nitrogens with zero attached hydrogens (tertiary/aromatic N) is 2. The molecule has 1 N–H and O–H groups in total. The van der Waals surface area contributed by atoms with E-state index in [9.17, 15) is 14.4 Å². The van der Waals surface area contributed by atoms with Gasteiger partial charge in [0.1, 0.15) is 5.69 Å². The number of rotatable bonds is 4. The van der Waals surface area contributed by atoms with Gasteiger partial charge in [-0.1, -0.05) is 26.0 Å². The number of hydrogen-bond donors (Lipinski definition) is 1. The van der Waals surface area contributed by atoms with E-state index in [0.717, 1.165) is 6.54 Å². The largest absolute Gasteiger partial charge is 0.350 e. The molecule has 148 valence electrons. The number of benzene rings is 1. The van der Waals surface area contributed by atoms with Gasteiger partial charge in [-0.2, -0.15) is 0 Å². The van der Waals surface area contributed by atoms with Crippen LogP contribution in [0.3, 0.4) is 0 Å². The number of nitrogens with one attached hydrogen (secondary N) is 1. The van der Waals surface area contributed by atoms with E-state index in [2.05, 4.69) is 18.8 Å². The molecule has 1 aromatic carbocycles. The van der Waals surface area contributed by atoms with Gasteiger partial charge in [0.05, 0.1) is 6.04 Å². The van der Waals surface area contributed by atoms with Gasteiger partial charge in [-0.15, -0.1) is 0 Å². The molecule has 2 amide bonds. The van der Waals surface area contributed by atoms with Crippen molar-refractivity contribution >= 4 is 22.7 Å². The van der Waals surface area contributed by atoms with E-state index in [4.69, 9.17) is 0 Å². The molecule has 1 saturated heterocycles. The summed E-state index contributed by atoms with van der Waals surface area (Å²) >= 11 is 0. The normalized spacial score (nSPS) is 20.7. The first-order valence-electron chi connectivity index (χ1n) is 10.1. The van der Waals surface area contributed by atoms with Crippen molar-refractivity contribution in [3.8, 4) is 0 Å². The number of aromatic nitrogens is 1. The van der Waals surface area contributed by atoms with Crippen LogP contribution in [0, 0.1) is 11.8 Å². The fourth-order valence-corrected chi connectivity index (χ4v) is 4.03. The SMILES string of the molecule is CC(C)[C@H]1CN(C(=O)c2cc(=O)c3ccccc3[nH]2)CCC(=O)N1CC1CC1. The predicted molar refractivity (Wildman–Crippen MR) is 108 cm³/mol. The molecular formula is C22H27N3O3. The molecule has 6 nitrogen and oxygen atoms in total. The van der Waals surface area contributed by atoms with Crippen LogP contribution in [0.15, 0.2) is 35.1 Å². The quantitative estimate of drug-likeness (QED) is 0.885. The second kappa shape index (κ2) is 7.41. The van der Waals surface area contributed by atoms with Crippen LogP contribution in [-0.4, -0.2) is 52.3 Å². The Morgan fingerprint density at radius 2 is 1.96 bits per heavy atom. The highest BCUT2D eigenvalue weighted by atomic mass is 16.2. The monoisotopic (exact) mass is 381 g/mol. The molecule has 0 bridgehead atoms. The summed E-state index contributed by atoms with van der Waals surface area (Å²) in [6, 6.07) is 8.57. The summed E-state index contributed by atoms with van der Waals surface area (Å²) in [6.45, 7) is 5.89. The third-order valence-electron chi connectivity index (χ3n) is 5.90. The highest BCUT2D eigenvalue weighted by Gasteiger charge is 2.36. The van der Waals surface area contributed by atoms with Gasteiger partial charge >= 0.3 is 0 Å². The predicted octanol–water partition coefficient (Wildman–Crippen LogP) is 2.64. The Hall–Kier alpha value is -2.63. The van der Waals surface area contributed by atoms with Gasteiger partial charge in [0, 0.05) is 43.0 Å². The number of carbonyl (C=O) groups is 2. The molecular weight excluding hydrogens is 354 g/mol. The lowest BCUT2D eigenvalue weighted by molar-refractivity contribution is -0.133. The summed E-state index contributed by atoms with van der Waals surface area (Å²) in [7, 11) is 0. The minimum Gasteiger partial charge on any atom is -0.350 e. The molecule has 1 atom stereocenters. The van der Waals surface area contributed by atoms with E-state index in [1.807, 2.05) is 11.0 Å². The number of para-hydroxylation sites is 1. The molecule has 2 aliphatic rings. The highest BCUT2D eigenvalue weighted by molar-refractivity contribution is 5.95. The fraction of sp³-hybridized carbons (Fsp3) is 0.500. The molecule has 4 rings (SSSR count). The maximum atomic E-state index is 13.2. The summed E-state index contributed by atoms with van der Waals surface area (Å²) in [6.07, 6.45) is 2.71. The van der Waals surface area contributed by atoms with Gasteiger partial charge in [0.2, 0.25) is 5.91 Å². The minimum atomic E-state index is -0.213. The topological polar surface area (TPSA) is 73.5 Å². The van der Waals surface area contributed by atoms with Crippen LogP contribution in [0.25, 0.3) is 10.9 Å². The molecule has 2 fully saturated rings. The zero-order valence-corrected chi connectivity index (χ0v) is 16.5. The first-order valence-corrected chi connectivity index (χ1v) is 10.1. The van der Waals surface area contributed by atoms with Crippen molar-refractivity contribution in [2.75, 3.05) is 19.6 Å². The molecule has 2 heterocycles. The van der Waals surface area contributed by atoms with Gasteiger partial charge in [-0.05, 0) is 36.8 Å². The number of amides is 2. The molecule has 1 aromatic heterocycles. The molecule has 1 saturated carbocycles. The van der Waals surface area contributed by atoms with Gasteiger partial charge in [-0.3, -0.25) is 14.4 Å². The lowest BCUT2D eigenvalue weighted by Crippen LogP contribution is -2.48. The van der Waals surface area contributed by atoms with Crippen LogP contribution in [0.2, 0.25) is 0 Å². The molecule has 1 aliphatic heterocycles. The maximum Gasteiger partial charge on any atom is 0.270 e. The molecule has 1 aliphatic carbocycles. The second-order valence-corrected chi connectivity index (χ2v) is 8.39. The zero-order valence-electron chi connectivity index (χ0n) is 16.5. The smallest absolute Gasteiger partial charge is 0.270 e. The van der Waals surface area contributed by atoms with Crippen LogP contribution < -0.4 is 5.43 Å². The Labute approximate surface area is 164 Å². The lowest BCUT2D eigenvalue weighted by Gasteiger charge is -2.34. The fourth-order valence-electron chi connectivity index (χ4n) is 4.03. The Balaban J connectivity index is 1.62. The maximum absolute atomic E-state index is 13.2. The van der Waals surface area contributed by atoms with Crippen LogP contribution in [0.4, 0.5) is 0 Å². The van der Waals surface area contributed by atoms with Crippen LogP contribution >= 0.6 is 0 Å². The van der Waals surface area contributed by atoms with E-state index in [0.29, 0.717) is 36.3 Å². The second-order valence-electron chi connectivity index (χ2n) is 8.39. The number of fused-ring (bicyclic) bond motifs is 1. The van der Waals surface area contributed by atoms with E-state index < -0.39 is 0 Å². The summed E-state index contributed by atoms with van der Waals surface area (Å²) < 4.78 is 0. The number of carbonyl (C=O) groups excluding carboxylic acids is 2. The highest BCUT2D eigenvalue weighted by Crippen LogP contribution is 2.32. The standard InChI is InChI=1S/C22H27N3O3/c1-14(2)19-13-24(10-9-21(27)25(19)12-15-7-8-15)22(28)18-11-20(26)16-5-3-4-6-17(16)23-18/h3-6,11,14-15,19H,7-10,12-13H2,1-2H3,(H,23,26)/t19-/m1/s1. The number of pyridine rings is 1. The van der Waals surface area contributed by atoms with Crippen molar-refractivity contribution < 1.29 is 9.59 Å². The van der Waals surface area contributed by atoms with Gasteiger partial charge in [-0.25, -0.2) is 0 Å². The van der Waals surface area contributed by atoms with E-state index >= 15 is 0 Å². The van der Waals surface area contributed by atoms with Crippen molar-refractivity contribution in [3.05, 3.63) is 46.2 Å². The minimum absolute atomic E-state index is 0.00623. The zero-order chi connectivity index (χ0) is 19.8. The van der Waals surface area contributed by atoms with E-state index in [1.54, 1.807) is 23.1 Å². The van der Waals surface area contributed by atoms with Crippen LogP contribution in [0.5, 0.6) is 0 Å². The number of aromatic amines is 1. The Kier molecular flexibility index (Phi) is 4.96. The van der Waals surface area contributed by atoms with Gasteiger partial charge in [0.15, 0.2) is 5.43 Å². The molecule has 28 heavy (non-hydrogen) atoms. The van der Waals surface area contributed by atoms with E-state index in [-0.39, 0.29) is 34.9 Å². The van der Waals surface area contributed by atoms with Crippen molar-refractivity contribution in [3.63, 3.8) is 0 Å². The van der Waals surface area contributed by atoms with Crippen LogP contribution in [0.1, 0.15) is 43.6 Å². The summed E-state index contributed by atoms with van der Waals surface area (Å²) in [4.78, 5) is 45.2. The molecule has 0 spiro atoms. The lowest BCUT2D eigenvalue weighted by atomic mass is 10.0. The van der Waals surface area contributed by atoms with Crippen molar-refractivity contribution in [1.29, 1.82) is 0 Å². The third kappa shape index (κ3) is 3.68. The van der Waals surface area contributed by atoms with Gasteiger partial charge in [0.25, 0.3) is 5.91 Å². The summed E-state index contributed by atoms with van der Waals surface area (Å²) in [5.41, 5.74) is 0.772. The van der Waals surface area contributed by atoms with Gasteiger partial charge < -0.3 is 14.8 Å². The van der Waals surface area contributed by atoms with E-state index in [1.165, 1.54) is 18.9 Å². The molecule has 0 unspecified atom stereocenters. The summed E-state index contributed by atoms with van der Waals surface area (Å²) in [5.74, 6) is 0.790. The number of H-pyrrole nitrogens is 1. The van der Waals surface area contributed by atoms with Crippen molar-refractivity contribution in [2.24, 2.45) is 11.8 Å². The third-order valence-corrected chi connectivity index (χ3v) is 5.90.